The number of rotatable bonds is 10. The zero-order valence-corrected chi connectivity index (χ0v) is 19.7. The Morgan fingerprint density at radius 2 is 2.04 bits per heavy atom. The van der Waals surface area contributed by atoms with Gasteiger partial charge in [-0.25, -0.2) is 9.86 Å². The Morgan fingerprint density at radius 3 is 2.46 bits per heavy atom. The van der Waals surface area contributed by atoms with Gasteiger partial charge < -0.3 is 9.84 Å². The molecule has 28 heavy (non-hydrogen) atoms. The molecule has 0 aromatic heterocycles. The Balaban J connectivity index is 2.95. The quantitative estimate of drug-likeness (QED) is 0.241. The number of amides is 2. The molecule has 0 aromatic carbocycles. The SMILES string of the molecule is CC(CON(C=O)C(C[C@@H]([C@H]1CCCOC1)C(C)(C)C)NC(=O)O)[Si](C)(C)C. The number of hydroxylamine groups is 2. The molecule has 1 aliphatic heterocycles. The first-order valence-electron chi connectivity index (χ1n) is 10.3. The van der Waals surface area contributed by atoms with E-state index in [0.717, 1.165) is 24.5 Å². The van der Waals surface area contributed by atoms with Gasteiger partial charge in [-0.15, -0.1) is 0 Å². The van der Waals surface area contributed by atoms with E-state index < -0.39 is 20.3 Å². The molecule has 4 atom stereocenters. The molecule has 2 unspecified atom stereocenters. The van der Waals surface area contributed by atoms with Gasteiger partial charge in [-0.1, -0.05) is 47.3 Å². The summed E-state index contributed by atoms with van der Waals surface area (Å²) >= 11 is 0. The van der Waals surface area contributed by atoms with Crippen LogP contribution in [-0.2, 0) is 14.4 Å². The monoisotopic (exact) mass is 416 g/mol. The highest BCUT2D eigenvalue weighted by Gasteiger charge is 2.37. The van der Waals surface area contributed by atoms with Crippen molar-refractivity contribution in [1.29, 1.82) is 0 Å². The van der Waals surface area contributed by atoms with Crippen molar-refractivity contribution in [2.45, 2.75) is 78.3 Å². The molecule has 0 spiro atoms. The smallest absolute Gasteiger partial charge is 0.406 e. The van der Waals surface area contributed by atoms with E-state index in [-0.39, 0.29) is 11.3 Å². The molecule has 0 radical (unpaired) electrons. The summed E-state index contributed by atoms with van der Waals surface area (Å²) in [5, 5.41) is 13.0. The minimum atomic E-state index is -1.42. The van der Waals surface area contributed by atoms with Crippen molar-refractivity contribution in [2.75, 3.05) is 19.8 Å². The first-order valence-corrected chi connectivity index (χ1v) is 13.9. The maximum absolute atomic E-state index is 11.8. The summed E-state index contributed by atoms with van der Waals surface area (Å²) in [5.41, 5.74) is 0.287. The summed E-state index contributed by atoms with van der Waals surface area (Å²) in [6.07, 6.45) is 1.26. The molecule has 164 valence electrons. The van der Waals surface area contributed by atoms with Crippen molar-refractivity contribution in [3.63, 3.8) is 0 Å². The van der Waals surface area contributed by atoms with Gasteiger partial charge in [0.25, 0.3) is 0 Å². The number of hydrogen-bond acceptors (Lipinski definition) is 4. The second kappa shape index (κ2) is 10.6. The standard InChI is InChI=1S/C20H40N2O5Si/c1-15(28(5,6)7)12-27-22(14-23)18(21-19(24)25)11-17(20(2,3)4)16-9-8-10-26-13-16/h14-18,21H,8-13H2,1-7H3,(H,24,25)/t15?,16-,17-,18?/m0/s1. The highest BCUT2D eigenvalue weighted by atomic mass is 28.3. The molecule has 1 fully saturated rings. The molecule has 1 heterocycles. The lowest BCUT2D eigenvalue weighted by Crippen LogP contribution is -2.51. The molecule has 0 aliphatic carbocycles. The van der Waals surface area contributed by atoms with Crippen LogP contribution in [0, 0.1) is 17.3 Å². The van der Waals surface area contributed by atoms with Crippen LogP contribution in [0.5, 0.6) is 0 Å². The summed E-state index contributed by atoms with van der Waals surface area (Å²) in [5.74, 6) is 0.520. The van der Waals surface area contributed by atoms with Gasteiger partial charge in [0.1, 0.15) is 6.17 Å². The van der Waals surface area contributed by atoms with E-state index in [4.69, 9.17) is 9.57 Å². The van der Waals surface area contributed by atoms with Gasteiger partial charge >= 0.3 is 6.09 Å². The van der Waals surface area contributed by atoms with E-state index in [2.05, 4.69) is 52.7 Å². The zero-order valence-electron chi connectivity index (χ0n) is 18.7. The van der Waals surface area contributed by atoms with E-state index in [1.54, 1.807) is 0 Å². The number of nitrogens with zero attached hydrogens (tertiary/aromatic N) is 1. The average molecular weight is 417 g/mol. The van der Waals surface area contributed by atoms with E-state index in [0.29, 0.717) is 37.5 Å². The minimum Gasteiger partial charge on any atom is -0.465 e. The Labute approximate surface area is 171 Å². The zero-order chi connectivity index (χ0) is 21.5. The molecule has 8 heteroatoms. The lowest BCUT2D eigenvalue weighted by Gasteiger charge is -2.42. The van der Waals surface area contributed by atoms with Crippen LogP contribution < -0.4 is 5.32 Å². The van der Waals surface area contributed by atoms with Crippen molar-refractivity contribution in [3.05, 3.63) is 0 Å². The predicted octanol–water partition coefficient (Wildman–Crippen LogP) is 4.18. The van der Waals surface area contributed by atoms with Gasteiger partial charge in [-0.2, -0.15) is 0 Å². The summed E-state index contributed by atoms with van der Waals surface area (Å²) in [4.78, 5) is 28.9. The normalized spacial score (nSPS) is 21.5. The number of carbonyl (C=O) groups is 2. The Kier molecular flexibility index (Phi) is 9.43. The van der Waals surface area contributed by atoms with Crippen LogP contribution in [0.25, 0.3) is 0 Å². The maximum Gasteiger partial charge on any atom is 0.406 e. The van der Waals surface area contributed by atoms with Crippen LogP contribution in [-0.4, -0.2) is 56.7 Å². The molecule has 0 aromatic rings. The third-order valence-electron chi connectivity index (χ3n) is 6.01. The lowest BCUT2D eigenvalue weighted by molar-refractivity contribution is -0.194. The van der Waals surface area contributed by atoms with Crippen LogP contribution in [0.4, 0.5) is 4.79 Å². The van der Waals surface area contributed by atoms with E-state index >= 15 is 0 Å². The van der Waals surface area contributed by atoms with E-state index in [1.807, 2.05) is 0 Å². The third-order valence-corrected chi connectivity index (χ3v) is 9.13. The fourth-order valence-electron chi connectivity index (χ4n) is 3.59. The summed E-state index contributed by atoms with van der Waals surface area (Å²) < 4.78 is 5.68. The van der Waals surface area contributed by atoms with Gasteiger partial charge in [0, 0.05) is 21.3 Å². The molecular weight excluding hydrogens is 376 g/mol. The number of nitrogens with one attached hydrogen (secondary N) is 1. The highest BCUT2D eigenvalue weighted by molar-refractivity contribution is 6.77. The van der Waals surface area contributed by atoms with Gasteiger partial charge in [-0.3, -0.25) is 14.9 Å². The van der Waals surface area contributed by atoms with Gasteiger partial charge in [0.15, 0.2) is 0 Å². The van der Waals surface area contributed by atoms with Crippen molar-refractivity contribution in [3.8, 4) is 0 Å². The highest BCUT2D eigenvalue weighted by Crippen LogP contribution is 2.39. The fraction of sp³-hybridized carbons (Fsp3) is 0.900. The van der Waals surface area contributed by atoms with Crippen molar-refractivity contribution >= 4 is 20.6 Å². The summed E-state index contributed by atoms with van der Waals surface area (Å²) in [6.45, 7) is 17.2. The van der Waals surface area contributed by atoms with Gasteiger partial charge in [0.2, 0.25) is 6.41 Å². The molecule has 0 saturated carbocycles. The van der Waals surface area contributed by atoms with Crippen molar-refractivity contribution in [1.82, 2.24) is 10.4 Å². The maximum atomic E-state index is 11.8. The summed E-state index contributed by atoms with van der Waals surface area (Å²) in [7, 11) is -1.42. The Morgan fingerprint density at radius 1 is 1.39 bits per heavy atom. The van der Waals surface area contributed by atoms with Crippen molar-refractivity contribution in [2.24, 2.45) is 17.3 Å². The number of hydrogen-bond donors (Lipinski definition) is 2. The minimum absolute atomic E-state index is 0.0516. The second-order valence-corrected chi connectivity index (χ2v) is 15.9. The second-order valence-electron chi connectivity index (χ2n) is 10.2. The first-order chi connectivity index (χ1) is 12.9. The molecule has 1 saturated heterocycles. The van der Waals surface area contributed by atoms with E-state index in [9.17, 15) is 14.7 Å². The Hall–Kier alpha value is -1.12. The Bertz CT molecular complexity index is 498. The molecule has 7 nitrogen and oxygen atoms in total. The van der Waals surface area contributed by atoms with Crippen LogP contribution in [0.3, 0.4) is 0 Å². The first kappa shape index (κ1) is 24.9. The molecule has 2 amide bonds. The van der Waals surface area contributed by atoms with Gasteiger partial charge in [-0.05, 0) is 42.1 Å². The predicted molar refractivity (Wildman–Crippen MR) is 113 cm³/mol. The molecule has 0 bridgehead atoms. The number of carbonyl (C=O) groups excluding carboxylic acids is 1. The number of carboxylic acid groups (broad SMARTS) is 1. The van der Waals surface area contributed by atoms with Gasteiger partial charge in [0.05, 0.1) is 6.61 Å². The average Bonchev–Trinajstić information content (AvgIpc) is 2.57. The lowest BCUT2D eigenvalue weighted by atomic mass is 9.69. The third kappa shape index (κ3) is 8.09. The molecule has 1 aliphatic rings. The molecule has 1 rings (SSSR count). The number of ether oxygens (including phenoxy) is 1. The molecular formula is C20H40N2O5Si. The van der Waals surface area contributed by atoms with Crippen LogP contribution in [0.2, 0.25) is 25.2 Å². The fourth-order valence-corrected chi connectivity index (χ4v) is 4.16. The van der Waals surface area contributed by atoms with Crippen LogP contribution in [0.1, 0.15) is 47.0 Å². The van der Waals surface area contributed by atoms with E-state index in [1.165, 1.54) is 0 Å². The topological polar surface area (TPSA) is 88.1 Å². The van der Waals surface area contributed by atoms with Crippen LogP contribution >= 0.6 is 0 Å². The van der Waals surface area contributed by atoms with Crippen molar-refractivity contribution < 1.29 is 24.3 Å². The largest absolute Gasteiger partial charge is 0.465 e. The summed E-state index contributed by atoms with van der Waals surface area (Å²) in [6, 6.07) is 0. The molecule has 2 N–H and O–H groups in total. The van der Waals surface area contributed by atoms with Crippen LogP contribution in [0.15, 0.2) is 0 Å².